The lowest BCUT2D eigenvalue weighted by atomic mass is 9.92. The molecule has 27 heavy (non-hydrogen) atoms. The van der Waals surface area contributed by atoms with E-state index in [0.29, 0.717) is 24.7 Å². The average Bonchev–Trinajstić information content (AvgIpc) is 3.43. The van der Waals surface area contributed by atoms with E-state index in [2.05, 4.69) is 21.3 Å². The highest BCUT2D eigenvalue weighted by molar-refractivity contribution is 8.14. The molecule has 7 rings (SSSR count). The number of oxazole rings is 1. The van der Waals surface area contributed by atoms with Gasteiger partial charge >= 0.3 is 0 Å². The van der Waals surface area contributed by atoms with Crippen molar-refractivity contribution in [3.8, 4) is 5.75 Å². The molecule has 4 fully saturated rings. The van der Waals surface area contributed by atoms with Crippen LogP contribution in [0.2, 0.25) is 0 Å². The Morgan fingerprint density at radius 3 is 2.89 bits per heavy atom. The Morgan fingerprint density at radius 2 is 2.15 bits per heavy atom. The molecule has 2 unspecified atom stereocenters. The predicted molar refractivity (Wildman–Crippen MR) is 105 cm³/mol. The summed E-state index contributed by atoms with van der Waals surface area (Å²) >= 11 is 1.78. The summed E-state index contributed by atoms with van der Waals surface area (Å²) in [6.45, 7) is 4.15. The van der Waals surface area contributed by atoms with Crippen LogP contribution in [0.1, 0.15) is 18.4 Å². The van der Waals surface area contributed by atoms with Crippen LogP contribution in [0.4, 0.5) is 6.01 Å². The van der Waals surface area contributed by atoms with Crippen LogP contribution in [0.5, 0.6) is 5.75 Å². The summed E-state index contributed by atoms with van der Waals surface area (Å²) in [6, 6.07) is 5.89. The van der Waals surface area contributed by atoms with Gasteiger partial charge in [0.05, 0.1) is 18.8 Å². The second kappa shape index (κ2) is 6.39. The highest BCUT2D eigenvalue weighted by Gasteiger charge is 2.38. The minimum Gasteiger partial charge on any atom is -0.486 e. The zero-order valence-corrected chi connectivity index (χ0v) is 15.8. The zero-order chi connectivity index (χ0) is 17.8. The van der Waals surface area contributed by atoms with Gasteiger partial charge in [-0.2, -0.15) is 4.98 Å². The molecular weight excluding hydrogens is 364 g/mol. The third kappa shape index (κ3) is 2.81. The fourth-order valence-electron chi connectivity index (χ4n) is 4.32. The van der Waals surface area contributed by atoms with E-state index < -0.39 is 0 Å². The minimum absolute atomic E-state index is 0.0872. The van der Waals surface area contributed by atoms with E-state index in [1.54, 1.807) is 11.8 Å². The van der Waals surface area contributed by atoms with Crippen LogP contribution in [0.25, 0.3) is 11.1 Å². The van der Waals surface area contributed by atoms with Crippen molar-refractivity contribution in [2.24, 2.45) is 4.99 Å². The lowest BCUT2D eigenvalue weighted by Gasteiger charge is -2.47. The average molecular weight is 386 g/mol. The predicted octanol–water partition coefficient (Wildman–Crippen LogP) is 2.04. The molecule has 2 aromatic rings. The monoisotopic (exact) mass is 386 g/mol. The fraction of sp³-hybridized carbons (Fsp3) is 0.579. The van der Waals surface area contributed by atoms with E-state index >= 15 is 0 Å². The van der Waals surface area contributed by atoms with Gasteiger partial charge in [-0.1, -0.05) is 0 Å². The molecule has 0 radical (unpaired) electrons. The van der Waals surface area contributed by atoms with E-state index in [4.69, 9.17) is 18.9 Å². The number of nitrogens with zero attached hydrogens (tertiary/aromatic N) is 3. The quantitative estimate of drug-likeness (QED) is 0.862. The molecule has 3 atom stereocenters. The van der Waals surface area contributed by atoms with Crippen LogP contribution in [0, 0.1) is 0 Å². The van der Waals surface area contributed by atoms with Crippen LogP contribution in [0.3, 0.4) is 0 Å². The van der Waals surface area contributed by atoms with Crippen molar-refractivity contribution < 1.29 is 13.9 Å². The molecule has 0 aliphatic carbocycles. The molecule has 1 aromatic heterocycles. The normalized spacial score (nSPS) is 29.9. The first kappa shape index (κ1) is 16.2. The summed E-state index contributed by atoms with van der Waals surface area (Å²) in [5, 5.41) is 4.60. The zero-order valence-electron chi connectivity index (χ0n) is 15.0. The summed E-state index contributed by atoms with van der Waals surface area (Å²) in [7, 11) is 0. The lowest BCUT2D eigenvalue weighted by Crippen LogP contribution is -2.67. The Labute approximate surface area is 161 Å². The smallest absolute Gasteiger partial charge is 0.298 e. The molecule has 8 heteroatoms. The number of piperazine rings is 1. The molecule has 1 N–H and O–H groups in total. The van der Waals surface area contributed by atoms with Gasteiger partial charge in [0.2, 0.25) is 0 Å². The number of hydrogen-bond donors (Lipinski definition) is 1. The van der Waals surface area contributed by atoms with Crippen molar-refractivity contribution >= 4 is 33.9 Å². The number of nitrogens with one attached hydrogen (secondary N) is 1. The van der Waals surface area contributed by atoms with Crippen molar-refractivity contribution in [1.82, 2.24) is 10.3 Å². The van der Waals surface area contributed by atoms with E-state index in [9.17, 15) is 0 Å². The summed E-state index contributed by atoms with van der Waals surface area (Å²) in [5.41, 5.74) is 2.63. The third-order valence-electron chi connectivity index (χ3n) is 5.69. The van der Waals surface area contributed by atoms with Crippen LogP contribution >= 0.6 is 11.8 Å². The summed E-state index contributed by atoms with van der Waals surface area (Å²) in [6.07, 6.45) is 2.26. The van der Waals surface area contributed by atoms with Crippen molar-refractivity contribution in [2.45, 2.75) is 31.0 Å². The SMILES string of the molecule is c1cc(C2=NCCS2)c2oc(N3CC4CC(C3)N4)nc2c1O[C@@H]1CCOC1. The number of aromatic nitrogens is 1. The molecule has 2 bridgehead atoms. The van der Waals surface area contributed by atoms with Crippen molar-refractivity contribution in [3.05, 3.63) is 17.7 Å². The van der Waals surface area contributed by atoms with Gasteiger partial charge in [0, 0.05) is 43.9 Å². The number of hydrogen-bond acceptors (Lipinski definition) is 8. The third-order valence-corrected chi connectivity index (χ3v) is 6.69. The number of thioether (sulfide) groups is 1. The minimum atomic E-state index is 0.0872. The summed E-state index contributed by atoms with van der Waals surface area (Å²) < 4.78 is 18.0. The second-order valence-corrected chi connectivity index (χ2v) is 8.71. The number of fused-ring (bicyclic) bond motifs is 3. The Kier molecular flexibility index (Phi) is 3.84. The Bertz CT molecular complexity index is 892. The molecule has 7 nitrogen and oxygen atoms in total. The molecule has 0 spiro atoms. The molecule has 6 heterocycles. The van der Waals surface area contributed by atoms with Gasteiger partial charge in [-0.25, -0.2) is 0 Å². The van der Waals surface area contributed by atoms with Crippen molar-refractivity contribution in [2.75, 3.05) is 43.5 Å². The molecule has 4 saturated heterocycles. The summed E-state index contributed by atoms with van der Waals surface area (Å²) in [4.78, 5) is 11.8. The van der Waals surface area contributed by atoms with E-state index in [1.807, 2.05) is 6.07 Å². The van der Waals surface area contributed by atoms with Crippen LogP contribution < -0.4 is 15.0 Å². The number of aliphatic imine (C=N–C) groups is 1. The highest BCUT2D eigenvalue weighted by atomic mass is 32.2. The first-order chi connectivity index (χ1) is 13.3. The maximum atomic E-state index is 6.31. The van der Waals surface area contributed by atoms with E-state index in [-0.39, 0.29) is 6.10 Å². The van der Waals surface area contributed by atoms with E-state index in [1.165, 1.54) is 6.42 Å². The number of benzene rings is 1. The topological polar surface area (TPSA) is 72.1 Å². The Hall–Kier alpha value is -1.77. The number of rotatable bonds is 4. The highest BCUT2D eigenvalue weighted by Crippen LogP contribution is 2.37. The number of anilines is 1. The van der Waals surface area contributed by atoms with Crippen molar-refractivity contribution in [3.63, 3.8) is 0 Å². The van der Waals surface area contributed by atoms with Gasteiger partial charge in [0.15, 0.2) is 11.1 Å². The van der Waals surface area contributed by atoms with Gasteiger partial charge in [-0.3, -0.25) is 4.99 Å². The second-order valence-electron chi connectivity index (χ2n) is 7.63. The molecule has 0 amide bonds. The van der Waals surface area contributed by atoms with Gasteiger partial charge in [-0.15, -0.1) is 11.8 Å². The molecule has 5 aliphatic rings. The lowest BCUT2D eigenvalue weighted by molar-refractivity contribution is 0.142. The van der Waals surface area contributed by atoms with Crippen LogP contribution in [-0.4, -0.2) is 66.8 Å². The standard InChI is InChI=1S/C19H22N4O3S/c1-2-15(25-13-3-5-24-10-13)16-17(14(1)18-20-4-6-27-18)26-19(22-16)23-8-11-7-12(9-23)21-11/h1-2,11-13,21H,3-10H2/t11?,12?,13-/m1/s1. The maximum Gasteiger partial charge on any atom is 0.298 e. The Morgan fingerprint density at radius 1 is 1.26 bits per heavy atom. The molecule has 1 aromatic carbocycles. The molecule has 5 aliphatic heterocycles. The molecular formula is C19H22N4O3S. The first-order valence-corrected chi connectivity index (χ1v) is 10.7. The van der Waals surface area contributed by atoms with Crippen molar-refractivity contribution in [1.29, 1.82) is 0 Å². The largest absolute Gasteiger partial charge is 0.486 e. The summed E-state index contributed by atoms with van der Waals surface area (Å²) in [5.74, 6) is 1.81. The van der Waals surface area contributed by atoms with Crippen LogP contribution in [0.15, 0.2) is 21.5 Å². The van der Waals surface area contributed by atoms with E-state index in [0.717, 1.165) is 65.9 Å². The molecule has 0 saturated carbocycles. The number of ether oxygens (including phenoxy) is 2. The van der Waals surface area contributed by atoms with Gasteiger partial charge in [0.25, 0.3) is 6.01 Å². The number of piperidine rings is 1. The van der Waals surface area contributed by atoms with Gasteiger partial charge in [-0.05, 0) is 18.6 Å². The molecule has 142 valence electrons. The first-order valence-electron chi connectivity index (χ1n) is 9.70. The van der Waals surface area contributed by atoms with Gasteiger partial charge < -0.3 is 24.1 Å². The fourth-order valence-corrected chi connectivity index (χ4v) is 5.20. The van der Waals surface area contributed by atoms with Crippen LogP contribution in [-0.2, 0) is 4.74 Å². The maximum absolute atomic E-state index is 6.31. The van der Waals surface area contributed by atoms with Gasteiger partial charge in [0.1, 0.15) is 16.9 Å². The Balaban J connectivity index is 1.41.